The molecule has 1 fully saturated rings. The van der Waals surface area contributed by atoms with Crippen molar-refractivity contribution >= 4 is 0 Å². The Kier molecular flexibility index (Phi) is 4.32. The molecule has 1 aromatic heterocycles. The number of benzene rings is 1. The van der Waals surface area contributed by atoms with Gasteiger partial charge in [-0.05, 0) is 32.5 Å². The van der Waals surface area contributed by atoms with Crippen molar-refractivity contribution in [3.63, 3.8) is 0 Å². The summed E-state index contributed by atoms with van der Waals surface area (Å²) in [5.41, 5.74) is -0.248. The summed E-state index contributed by atoms with van der Waals surface area (Å²) in [5.74, 6) is 1.38. The molecule has 1 N–H and O–H groups in total. The van der Waals surface area contributed by atoms with E-state index in [1.807, 2.05) is 49.3 Å². The topological polar surface area (TPSA) is 49.5 Å². The van der Waals surface area contributed by atoms with Gasteiger partial charge in [0.2, 0.25) is 5.89 Å². The molecule has 1 aliphatic rings. The van der Waals surface area contributed by atoms with Gasteiger partial charge in [-0.1, -0.05) is 43.2 Å². The molecule has 0 aliphatic heterocycles. The van der Waals surface area contributed by atoms with Crippen LogP contribution in [-0.2, 0) is 12.1 Å². The van der Waals surface area contributed by atoms with Crippen molar-refractivity contribution < 1.29 is 9.52 Å². The second kappa shape index (κ2) is 6.23. The average molecular weight is 300 g/mol. The predicted octanol–water partition coefficient (Wildman–Crippen LogP) is 3.16. The molecule has 0 spiro atoms. The molecule has 1 atom stereocenters. The smallest absolute Gasteiger partial charge is 0.231 e. The minimum Gasteiger partial charge on any atom is -0.441 e. The van der Waals surface area contributed by atoms with Gasteiger partial charge in [0.1, 0.15) is 5.76 Å². The van der Waals surface area contributed by atoms with E-state index in [0.717, 1.165) is 37.0 Å². The van der Waals surface area contributed by atoms with E-state index in [0.29, 0.717) is 12.4 Å². The van der Waals surface area contributed by atoms with Crippen LogP contribution < -0.4 is 0 Å². The van der Waals surface area contributed by atoms with E-state index < -0.39 is 5.60 Å². The van der Waals surface area contributed by atoms with Gasteiger partial charge >= 0.3 is 0 Å². The van der Waals surface area contributed by atoms with Crippen molar-refractivity contribution in [3.8, 4) is 0 Å². The van der Waals surface area contributed by atoms with Crippen LogP contribution in [0.25, 0.3) is 0 Å². The zero-order valence-electron chi connectivity index (χ0n) is 13.3. The first-order chi connectivity index (χ1) is 10.6. The fraction of sp³-hybridized carbons (Fsp3) is 0.500. The van der Waals surface area contributed by atoms with Gasteiger partial charge in [0, 0.05) is 5.92 Å². The highest BCUT2D eigenvalue weighted by molar-refractivity contribution is 5.30. The summed E-state index contributed by atoms with van der Waals surface area (Å²) in [7, 11) is 3.98. The number of aliphatic hydroxyl groups is 1. The monoisotopic (exact) mass is 300 g/mol. The molecule has 1 saturated carbocycles. The largest absolute Gasteiger partial charge is 0.441 e. The van der Waals surface area contributed by atoms with Crippen LogP contribution >= 0.6 is 0 Å². The zero-order valence-corrected chi connectivity index (χ0v) is 13.3. The normalized spacial score (nSPS) is 18.7. The molecule has 4 nitrogen and oxygen atoms in total. The molecule has 1 aromatic carbocycles. The third-order valence-electron chi connectivity index (χ3n) is 4.51. The SMILES string of the molecule is CN(C)Cc1cnc(C(O)(c2ccccc2)C2CCCC2)o1. The molecule has 2 aromatic rings. The predicted molar refractivity (Wildman–Crippen MR) is 85.3 cm³/mol. The molecule has 4 heteroatoms. The van der Waals surface area contributed by atoms with Crippen molar-refractivity contribution in [3.05, 3.63) is 53.7 Å². The van der Waals surface area contributed by atoms with Gasteiger partial charge in [-0.15, -0.1) is 0 Å². The highest BCUT2D eigenvalue weighted by Crippen LogP contribution is 2.44. The average Bonchev–Trinajstić information content (AvgIpc) is 3.18. The Balaban J connectivity index is 2.00. The summed E-state index contributed by atoms with van der Waals surface area (Å²) in [4.78, 5) is 6.45. The third kappa shape index (κ3) is 2.81. The van der Waals surface area contributed by atoms with Crippen molar-refractivity contribution in [1.82, 2.24) is 9.88 Å². The van der Waals surface area contributed by atoms with Crippen molar-refractivity contribution in [2.75, 3.05) is 14.1 Å². The molecule has 1 aliphatic carbocycles. The third-order valence-corrected chi connectivity index (χ3v) is 4.51. The van der Waals surface area contributed by atoms with Crippen LogP contribution in [0.15, 0.2) is 40.9 Å². The molecule has 118 valence electrons. The highest BCUT2D eigenvalue weighted by atomic mass is 16.4. The highest BCUT2D eigenvalue weighted by Gasteiger charge is 2.45. The Hall–Kier alpha value is -1.65. The summed E-state index contributed by atoms with van der Waals surface area (Å²) < 4.78 is 5.92. The van der Waals surface area contributed by atoms with E-state index in [2.05, 4.69) is 4.98 Å². The minimum absolute atomic E-state index is 0.167. The van der Waals surface area contributed by atoms with Crippen LogP contribution in [0.1, 0.15) is 42.9 Å². The number of aromatic nitrogens is 1. The Labute approximate surface area is 131 Å². The van der Waals surface area contributed by atoms with Crippen molar-refractivity contribution in [2.24, 2.45) is 5.92 Å². The number of hydrogen-bond acceptors (Lipinski definition) is 4. The Bertz CT molecular complexity index is 603. The van der Waals surface area contributed by atoms with Gasteiger partial charge in [0.05, 0.1) is 12.7 Å². The van der Waals surface area contributed by atoms with Gasteiger partial charge < -0.3 is 14.4 Å². The molecule has 0 saturated heterocycles. The van der Waals surface area contributed by atoms with E-state index in [1.165, 1.54) is 0 Å². The Morgan fingerprint density at radius 2 is 1.91 bits per heavy atom. The fourth-order valence-electron chi connectivity index (χ4n) is 3.44. The first-order valence-electron chi connectivity index (χ1n) is 7.98. The molecule has 0 radical (unpaired) electrons. The fourth-order valence-corrected chi connectivity index (χ4v) is 3.44. The lowest BCUT2D eigenvalue weighted by molar-refractivity contribution is -0.00717. The maximum absolute atomic E-state index is 11.5. The van der Waals surface area contributed by atoms with Gasteiger partial charge in [-0.25, -0.2) is 4.98 Å². The zero-order chi connectivity index (χ0) is 15.6. The first kappa shape index (κ1) is 15.3. The summed E-state index contributed by atoms with van der Waals surface area (Å²) in [6, 6.07) is 9.81. The van der Waals surface area contributed by atoms with Gasteiger partial charge in [0.15, 0.2) is 5.60 Å². The quantitative estimate of drug-likeness (QED) is 0.921. The lowest BCUT2D eigenvalue weighted by Crippen LogP contribution is -2.35. The number of hydrogen-bond donors (Lipinski definition) is 1. The summed E-state index contributed by atoms with van der Waals surface area (Å²) in [6.45, 7) is 0.683. The van der Waals surface area contributed by atoms with Gasteiger partial charge in [-0.3, -0.25) is 0 Å². The second-order valence-electron chi connectivity index (χ2n) is 6.48. The van der Waals surface area contributed by atoms with Crippen molar-refractivity contribution in [2.45, 2.75) is 37.8 Å². The molecule has 3 rings (SSSR count). The lowest BCUT2D eigenvalue weighted by Gasteiger charge is -2.31. The summed E-state index contributed by atoms with van der Waals surface area (Å²) in [5, 5.41) is 11.5. The van der Waals surface area contributed by atoms with Gasteiger partial charge in [-0.2, -0.15) is 0 Å². The number of nitrogens with zero attached hydrogens (tertiary/aromatic N) is 2. The molecular weight excluding hydrogens is 276 g/mol. The maximum atomic E-state index is 11.5. The van der Waals surface area contributed by atoms with Crippen LogP contribution in [0.3, 0.4) is 0 Å². The van der Waals surface area contributed by atoms with Crippen LogP contribution in [0, 0.1) is 5.92 Å². The van der Waals surface area contributed by atoms with Crippen LogP contribution in [0.5, 0.6) is 0 Å². The molecule has 1 heterocycles. The van der Waals surface area contributed by atoms with Crippen LogP contribution in [-0.4, -0.2) is 29.1 Å². The molecule has 22 heavy (non-hydrogen) atoms. The Morgan fingerprint density at radius 3 is 2.55 bits per heavy atom. The van der Waals surface area contributed by atoms with E-state index >= 15 is 0 Å². The number of oxazole rings is 1. The number of rotatable bonds is 5. The van der Waals surface area contributed by atoms with Crippen molar-refractivity contribution in [1.29, 1.82) is 0 Å². The van der Waals surface area contributed by atoms with E-state index in [9.17, 15) is 5.11 Å². The first-order valence-corrected chi connectivity index (χ1v) is 7.98. The Morgan fingerprint density at radius 1 is 1.23 bits per heavy atom. The standard InChI is InChI=1S/C18H24N2O2/c1-20(2)13-16-12-19-17(22-16)18(21,15-10-6-7-11-15)14-8-4-3-5-9-14/h3-5,8-9,12,15,21H,6-7,10-11,13H2,1-2H3. The van der Waals surface area contributed by atoms with E-state index in [4.69, 9.17) is 4.42 Å². The van der Waals surface area contributed by atoms with Crippen LogP contribution in [0.2, 0.25) is 0 Å². The molecular formula is C18H24N2O2. The molecule has 0 bridgehead atoms. The summed E-state index contributed by atoms with van der Waals surface area (Å²) in [6.07, 6.45) is 6.07. The van der Waals surface area contributed by atoms with E-state index in [-0.39, 0.29) is 5.92 Å². The minimum atomic E-state index is -1.12. The maximum Gasteiger partial charge on any atom is 0.231 e. The molecule has 0 amide bonds. The lowest BCUT2D eigenvalue weighted by atomic mass is 9.80. The second-order valence-corrected chi connectivity index (χ2v) is 6.48. The summed E-state index contributed by atoms with van der Waals surface area (Å²) >= 11 is 0. The van der Waals surface area contributed by atoms with Crippen LogP contribution in [0.4, 0.5) is 0 Å². The van der Waals surface area contributed by atoms with E-state index in [1.54, 1.807) is 6.20 Å². The molecule has 1 unspecified atom stereocenters. The van der Waals surface area contributed by atoms with Gasteiger partial charge in [0.25, 0.3) is 0 Å².